The van der Waals surface area contributed by atoms with Crippen molar-refractivity contribution in [2.24, 2.45) is 0 Å². The van der Waals surface area contributed by atoms with Crippen LogP contribution in [0.4, 0.5) is 0 Å². The number of carbonyl (C=O) groups is 2. The average Bonchev–Trinajstić information content (AvgIpc) is 2.81. The van der Waals surface area contributed by atoms with Gasteiger partial charge in [0.1, 0.15) is 5.76 Å². The number of aliphatic hydroxyl groups is 1. The summed E-state index contributed by atoms with van der Waals surface area (Å²) in [6.45, 7) is 0. The number of H-pyrrole nitrogens is 1. The zero-order valence-electron chi connectivity index (χ0n) is 9.64. The molecule has 18 heavy (non-hydrogen) atoms. The summed E-state index contributed by atoms with van der Waals surface area (Å²) in [7, 11) is 1.11. The van der Waals surface area contributed by atoms with Gasteiger partial charge in [-0.1, -0.05) is 18.2 Å². The highest BCUT2D eigenvalue weighted by Gasteiger charge is 2.14. The van der Waals surface area contributed by atoms with Gasteiger partial charge < -0.3 is 14.8 Å². The molecule has 2 N–H and O–H groups in total. The number of nitrogens with one attached hydrogen (secondary N) is 1. The van der Waals surface area contributed by atoms with E-state index >= 15 is 0 Å². The molecule has 0 unspecified atom stereocenters. The lowest BCUT2D eigenvalue weighted by molar-refractivity contribution is -0.149. The molecule has 0 amide bonds. The fourth-order valence-electron chi connectivity index (χ4n) is 1.64. The molecule has 0 aliphatic rings. The molecule has 5 nitrogen and oxygen atoms in total. The fourth-order valence-corrected chi connectivity index (χ4v) is 1.64. The first kappa shape index (κ1) is 11.9. The molecule has 0 atom stereocenters. The molecule has 1 aromatic heterocycles. The van der Waals surface area contributed by atoms with E-state index in [1.165, 1.54) is 0 Å². The van der Waals surface area contributed by atoms with Crippen LogP contribution in [0.5, 0.6) is 0 Å². The summed E-state index contributed by atoms with van der Waals surface area (Å²) in [6.07, 6.45) is 2.42. The van der Waals surface area contributed by atoms with Gasteiger partial charge in [0.2, 0.25) is 0 Å². The Morgan fingerprint density at radius 3 is 2.78 bits per heavy atom. The molecular formula is C13H11NO4. The summed E-state index contributed by atoms with van der Waals surface area (Å²) in [5.41, 5.74) is 1.29. The van der Waals surface area contributed by atoms with Gasteiger partial charge in [-0.15, -0.1) is 0 Å². The highest BCUT2D eigenvalue weighted by atomic mass is 16.5. The molecule has 0 aliphatic heterocycles. The van der Waals surface area contributed by atoms with Crippen LogP contribution >= 0.6 is 0 Å². The maximum Gasteiger partial charge on any atom is 0.378 e. The van der Waals surface area contributed by atoms with E-state index < -0.39 is 11.8 Å². The minimum Gasteiger partial charge on any atom is -0.507 e. The van der Waals surface area contributed by atoms with E-state index in [1.807, 2.05) is 18.2 Å². The van der Waals surface area contributed by atoms with Gasteiger partial charge in [-0.25, -0.2) is 4.79 Å². The predicted octanol–water partition coefficient (Wildman–Crippen LogP) is 1.81. The average molecular weight is 245 g/mol. The Labute approximate surface area is 103 Å². The van der Waals surface area contributed by atoms with E-state index in [0.717, 1.165) is 24.1 Å². The molecule has 0 bridgehead atoms. The standard InChI is InChI=1S/C13H11NO4/c1-18-13(17)12(16)6-11(15)9-7-14-10-5-3-2-4-8(9)10/h2-7,14-15H,1H3. The molecule has 0 saturated heterocycles. The SMILES string of the molecule is COC(=O)C(=O)C=C(O)c1c[nH]c2ccccc12. The van der Waals surface area contributed by atoms with E-state index in [4.69, 9.17) is 0 Å². The van der Waals surface area contributed by atoms with E-state index in [1.54, 1.807) is 12.3 Å². The number of aromatic nitrogens is 1. The number of benzene rings is 1. The Hall–Kier alpha value is -2.56. The first-order valence-corrected chi connectivity index (χ1v) is 5.23. The van der Waals surface area contributed by atoms with Crippen molar-refractivity contribution in [2.45, 2.75) is 0 Å². The molecule has 0 fully saturated rings. The van der Waals surface area contributed by atoms with Crippen LogP contribution < -0.4 is 0 Å². The molecule has 0 radical (unpaired) electrons. The third-order valence-corrected chi connectivity index (χ3v) is 2.52. The summed E-state index contributed by atoms with van der Waals surface area (Å²) in [5.74, 6) is -2.19. The molecule has 0 spiro atoms. The Morgan fingerprint density at radius 1 is 1.33 bits per heavy atom. The second-order valence-electron chi connectivity index (χ2n) is 3.63. The maximum atomic E-state index is 11.3. The molecule has 0 saturated carbocycles. The van der Waals surface area contributed by atoms with Gasteiger partial charge in [0.15, 0.2) is 0 Å². The number of hydrogen-bond acceptors (Lipinski definition) is 4. The molecular weight excluding hydrogens is 234 g/mol. The second kappa shape index (κ2) is 4.75. The van der Waals surface area contributed by atoms with Gasteiger partial charge in [-0.3, -0.25) is 4.79 Å². The van der Waals surface area contributed by atoms with Crippen molar-refractivity contribution in [3.05, 3.63) is 42.1 Å². The summed E-state index contributed by atoms with van der Waals surface area (Å²) in [6, 6.07) is 7.31. The van der Waals surface area contributed by atoms with E-state index in [9.17, 15) is 14.7 Å². The highest BCUT2D eigenvalue weighted by Crippen LogP contribution is 2.23. The van der Waals surface area contributed by atoms with Crippen molar-refractivity contribution >= 4 is 28.4 Å². The summed E-state index contributed by atoms with van der Waals surface area (Å²) >= 11 is 0. The van der Waals surface area contributed by atoms with Crippen molar-refractivity contribution in [2.75, 3.05) is 7.11 Å². The smallest absolute Gasteiger partial charge is 0.378 e. The van der Waals surface area contributed by atoms with Crippen LogP contribution in [-0.4, -0.2) is 29.0 Å². The van der Waals surface area contributed by atoms with Gasteiger partial charge in [0.05, 0.1) is 7.11 Å². The van der Waals surface area contributed by atoms with Crippen molar-refractivity contribution < 1.29 is 19.4 Å². The molecule has 1 aromatic carbocycles. The fraction of sp³-hybridized carbons (Fsp3) is 0.0769. The lowest BCUT2D eigenvalue weighted by Crippen LogP contribution is -2.13. The van der Waals surface area contributed by atoms with Crippen LogP contribution in [0.2, 0.25) is 0 Å². The third kappa shape index (κ3) is 2.10. The predicted molar refractivity (Wildman–Crippen MR) is 65.9 cm³/mol. The minimum atomic E-state index is -1.01. The Kier molecular flexibility index (Phi) is 3.14. The number of fused-ring (bicyclic) bond motifs is 1. The lowest BCUT2D eigenvalue weighted by Gasteiger charge is -1.98. The van der Waals surface area contributed by atoms with Crippen LogP contribution in [0, 0.1) is 0 Å². The molecule has 2 rings (SSSR count). The van der Waals surface area contributed by atoms with Crippen LogP contribution in [0.25, 0.3) is 16.7 Å². The highest BCUT2D eigenvalue weighted by molar-refractivity contribution is 6.39. The van der Waals surface area contributed by atoms with Crippen LogP contribution in [0.15, 0.2) is 36.5 Å². The number of aromatic amines is 1. The third-order valence-electron chi connectivity index (χ3n) is 2.52. The number of rotatable bonds is 3. The number of hydrogen-bond donors (Lipinski definition) is 2. The lowest BCUT2D eigenvalue weighted by atomic mass is 10.1. The Bertz CT molecular complexity index is 639. The zero-order chi connectivity index (χ0) is 13.1. The first-order valence-electron chi connectivity index (χ1n) is 5.23. The summed E-state index contributed by atoms with van der Waals surface area (Å²) in [4.78, 5) is 25.2. The summed E-state index contributed by atoms with van der Waals surface area (Å²) in [5, 5.41) is 10.6. The molecule has 2 aromatic rings. The van der Waals surface area contributed by atoms with Gasteiger partial charge in [0, 0.05) is 28.7 Å². The van der Waals surface area contributed by atoms with Gasteiger partial charge in [-0.2, -0.15) is 0 Å². The van der Waals surface area contributed by atoms with Gasteiger partial charge >= 0.3 is 5.97 Å². The van der Waals surface area contributed by atoms with Crippen LogP contribution in [-0.2, 0) is 14.3 Å². The number of esters is 1. The second-order valence-corrected chi connectivity index (χ2v) is 3.63. The number of para-hydroxylation sites is 1. The van der Waals surface area contributed by atoms with Crippen LogP contribution in [0.1, 0.15) is 5.56 Å². The van der Waals surface area contributed by atoms with Crippen molar-refractivity contribution in [1.29, 1.82) is 0 Å². The van der Waals surface area contributed by atoms with Gasteiger partial charge in [0.25, 0.3) is 5.78 Å². The van der Waals surface area contributed by atoms with Gasteiger partial charge in [-0.05, 0) is 6.07 Å². The molecule has 5 heteroatoms. The van der Waals surface area contributed by atoms with Crippen LogP contribution in [0.3, 0.4) is 0 Å². The Morgan fingerprint density at radius 2 is 2.06 bits per heavy atom. The number of carbonyl (C=O) groups excluding carboxylic acids is 2. The molecule has 1 heterocycles. The van der Waals surface area contributed by atoms with Crippen molar-refractivity contribution in [3.63, 3.8) is 0 Å². The van der Waals surface area contributed by atoms with Crippen molar-refractivity contribution in [3.8, 4) is 0 Å². The van der Waals surface area contributed by atoms with E-state index in [-0.39, 0.29) is 5.76 Å². The quantitative estimate of drug-likeness (QED) is 0.374. The molecule has 0 aliphatic carbocycles. The van der Waals surface area contributed by atoms with E-state index in [2.05, 4.69) is 9.72 Å². The number of methoxy groups -OCH3 is 1. The first-order chi connectivity index (χ1) is 8.63. The summed E-state index contributed by atoms with van der Waals surface area (Å²) < 4.78 is 4.27. The van der Waals surface area contributed by atoms with Crippen molar-refractivity contribution in [1.82, 2.24) is 4.98 Å². The van der Waals surface area contributed by atoms with E-state index in [0.29, 0.717) is 5.56 Å². The molecule has 92 valence electrons. The maximum absolute atomic E-state index is 11.3. The minimum absolute atomic E-state index is 0.275. The monoisotopic (exact) mass is 245 g/mol. The number of ether oxygens (including phenoxy) is 1. The normalized spacial score (nSPS) is 11.5. The number of ketones is 1. The topological polar surface area (TPSA) is 79.4 Å². The number of aliphatic hydroxyl groups excluding tert-OH is 1. The zero-order valence-corrected chi connectivity index (χ0v) is 9.64. The largest absolute Gasteiger partial charge is 0.507 e. The Balaban J connectivity index is 2.39.